The van der Waals surface area contributed by atoms with E-state index in [2.05, 4.69) is 17.2 Å². The number of hydrogen-bond acceptors (Lipinski definition) is 3. The van der Waals surface area contributed by atoms with Crippen LogP contribution in [0.2, 0.25) is 0 Å². The molecule has 2 aliphatic heterocycles. The number of ether oxygens (including phenoxy) is 1. The van der Waals surface area contributed by atoms with Gasteiger partial charge in [0, 0.05) is 17.7 Å². The van der Waals surface area contributed by atoms with Crippen molar-refractivity contribution in [1.29, 1.82) is 0 Å². The van der Waals surface area contributed by atoms with Gasteiger partial charge in [0.05, 0.1) is 18.6 Å². The second kappa shape index (κ2) is 7.64. The predicted molar refractivity (Wildman–Crippen MR) is 102 cm³/mol. The van der Waals surface area contributed by atoms with Crippen molar-refractivity contribution < 1.29 is 23.1 Å². The van der Waals surface area contributed by atoms with Crippen molar-refractivity contribution in [2.75, 3.05) is 18.1 Å². The number of nitrogens with one attached hydrogen (secondary N) is 1. The summed E-state index contributed by atoms with van der Waals surface area (Å²) in [4.78, 5) is 25.7. The van der Waals surface area contributed by atoms with Crippen molar-refractivity contribution in [3.05, 3.63) is 65.2 Å². The smallest absolute Gasteiger partial charge is 0.329 e. The Kier molecular flexibility index (Phi) is 5.03. The second-order valence-electron chi connectivity index (χ2n) is 7.18. The second-order valence-corrected chi connectivity index (χ2v) is 7.18. The molecule has 1 unspecified atom stereocenters. The van der Waals surface area contributed by atoms with E-state index < -0.39 is 34.8 Å². The molecule has 148 valence electrons. The lowest BCUT2D eigenvalue weighted by Crippen LogP contribution is -2.65. The molecule has 2 aromatic rings. The average Bonchev–Trinajstić information content (AvgIpc) is 2.69. The van der Waals surface area contributed by atoms with E-state index in [9.17, 15) is 18.4 Å². The minimum absolute atomic E-state index is 0.0762. The Morgan fingerprint density at radius 3 is 2.34 bits per heavy atom. The first-order valence-electron chi connectivity index (χ1n) is 9.26. The van der Waals surface area contributed by atoms with Gasteiger partial charge in [-0.25, -0.2) is 18.5 Å². The lowest BCUT2D eigenvalue weighted by Gasteiger charge is -2.43. The van der Waals surface area contributed by atoms with Crippen LogP contribution < -0.4 is 10.2 Å². The van der Waals surface area contributed by atoms with E-state index in [-0.39, 0.29) is 18.6 Å². The van der Waals surface area contributed by atoms with Crippen molar-refractivity contribution in [2.24, 2.45) is 0 Å². The Bertz CT molecular complexity index is 978. The van der Waals surface area contributed by atoms with Crippen molar-refractivity contribution in [3.63, 3.8) is 0 Å². The SMILES string of the molecule is O=C1CC2(CCCOC2)NC(=O)N1c1c(F)cc(C#Cc2ccccc2)cc1F. The molecule has 2 aliphatic rings. The first-order chi connectivity index (χ1) is 14.0. The molecule has 29 heavy (non-hydrogen) atoms. The number of anilines is 1. The van der Waals surface area contributed by atoms with Gasteiger partial charge in [0.2, 0.25) is 5.91 Å². The van der Waals surface area contributed by atoms with E-state index in [0.717, 1.165) is 12.1 Å². The molecule has 0 saturated carbocycles. The zero-order valence-corrected chi connectivity index (χ0v) is 15.5. The number of benzene rings is 2. The van der Waals surface area contributed by atoms with Gasteiger partial charge in [-0.05, 0) is 37.1 Å². The van der Waals surface area contributed by atoms with Crippen LogP contribution in [0.15, 0.2) is 42.5 Å². The normalized spacial score (nSPS) is 21.5. The molecule has 0 radical (unpaired) electrons. The number of nitrogens with zero attached hydrogens (tertiary/aromatic N) is 1. The van der Waals surface area contributed by atoms with Gasteiger partial charge in [-0.3, -0.25) is 4.79 Å². The molecular formula is C22H18F2N2O3. The Hall–Kier alpha value is -3.24. The lowest BCUT2D eigenvalue weighted by molar-refractivity contribution is -0.122. The number of carbonyl (C=O) groups is 2. The summed E-state index contributed by atoms with van der Waals surface area (Å²) < 4.78 is 34.8. The van der Waals surface area contributed by atoms with Gasteiger partial charge in [-0.15, -0.1) is 0 Å². The van der Waals surface area contributed by atoms with E-state index in [0.29, 0.717) is 29.9 Å². The molecule has 1 N–H and O–H groups in total. The van der Waals surface area contributed by atoms with Crippen molar-refractivity contribution in [2.45, 2.75) is 24.8 Å². The van der Waals surface area contributed by atoms with Gasteiger partial charge in [0.15, 0.2) is 11.6 Å². The number of urea groups is 1. The maximum atomic E-state index is 14.7. The Morgan fingerprint density at radius 2 is 1.72 bits per heavy atom. The van der Waals surface area contributed by atoms with Gasteiger partial charge in [0.25, 0.3) is 0 Å². The minimum atomic E-state index is -1.03. The lowest BCUT2D eigenvalue weighted by atomic mass is 9.86. The minimum Gasteiger partial charge on any atom is -0.379 e. The van der Waals surface area contributed by atoms with Crippen molar-refractivity contribution >= 4 is 17.6 Å². The van der Waals surface area contributed by atoms with E-state index in [1.54, 1.807) is 24.3 Å². The molecular weight excluding hydrogens is 378 g/mol. The van der Waals surface area contributed by atoms with Crippen molar-refractivity contribution in [1.82, 2.24) is 5.32 Å². The largest absolute Gasteiger partial charge is 0.379 e. The highest BCUT2D eigenvalue weighted by atomic mass is 19.1. The molecule has 2 heterocycles. The van der Waals surface area contributed by atoms with Crippen molar-refractivity contribution in [3.8, 4) is 11.8 Å². The summed E-state index contributed by atoms with van der Waals surface area (Å²) in [5, 5.41) is 2.71. The third kappa shape index (κ3) is 3.84. The van der Waals surface area contributed by atoms with Crippen LogP contribution in [0.25, 0.3) is 0 Å². The van der Waals surface area contributed by atoms with Gasteiger partial charge in [-0.1, -0.05) is 30.0 Å². The number of carbonyl (C=O) groups excluding carboxylic acids is 2. The number of rotatable bonds is 1. The number of hydrogen-bond donors (Lipinski definition) is 1. The fourth-order valence-electron chi connectivity index (χ4n) is 3.64. The van der Waals surface area contributed by atoms with Crippen LogP contribution in [0.4, 0.5) is 19.3 Å². The van der Waals surface area contributed by atoms with Gasteiger partial charge in [-0.2, -0.15) is 0 Å². The monoisotopic (exact) mass is 396 g/mol. The van der Waals surface area contributed by atoms with Crippen LogP contribution in [0, 0.1) is 23.5 Å². The predicted octanol–water partition coefficient (Wildman–Crippen LogP) is 3.36. The molecule has 0 aliphatic carbocycles. The highest BCUT2D eigenvalue weighted by Crippen LogP contribution is 2.32. The zero-order valence-electron chi connectivity index (χ0n) is 15.5. The summed E-state index contributed by atoms with van der Waals surface area (Å²) in [5.74, 6) is 2.79. The standard InChI is InChI=1S/C22H18F2N2O3/c23-17-11-16(8-7-15-5-2-1-3-6-15)12-18(24)20(17)26-19(27)13-22(25-21(26)28)9-4-10-29-14-22/h1-3,5-6,11-12H,4,9-10,13-14H2,(H,25,28). The Labute approximate surface area is 166 Å². The van der Waals surface area contributed by atoms with Crippen LogP contribution in [0.5, 0.6) is 0 Å². The first-order valence-corrected chi connectivity index (χ1v) is 9.26. The maximum Gasteiger partial charge on any atom is 0.329 e. The van der Waals surface area contributed by atoms with E-state index in [4.69, 9.17) is 4.74 Å². The summed E-state index contributed by atoms with van der Waals surface area (Å²) in [5.41, 5.74) is -0.696. The van der Waals surface area contributed by atoms with E-state index in [1.807, 2.05) is 6.07 Å². The molecule has 2 saturated heterocycles. The van der Waals surface area contributed by atoms with Crippen LogP contribution in [0.1, 0.15) is 30.4 Å². The molecule has 4 rings (SSSR count). The maximum absolute atomic E-state index is 14.7. The summed E-state index contributed by atoms with van der Waals surface area (Å²) in [6.45, 7) is 0.765. The van der Waals surface area contributed by atoms with E-state index in [1.165, 1.54) is 0 Å². The topological polar surface area (TPSA) is 58.6 Å². The van der Waals surface area contributed by atoms with Gasteiger partial charge >= 0.3 is 6.03 Å². The van der Waals surface area contributed by atoms with Gasteiger partial charge in [0.1, 0.15) is 5.69 Å². The molecule has 7 heteroatoms. The number of amides is 3. The van der Waals surface area contributed by atoms with E-state index >= 15 is 0 Å². The Morgan fingerprint density at radius 1 is 1.03 bits per heavy atom. The zero-order chi connectivity index (χ0) is 20.4. The third-order valence-corrected chi connectivity index (χ3v) is 5.00. The first kappa shape index (κ1) is 19.1. The van der Waals surface area contributed by atoms with Crippen LogP contribution in [-0.4, -0.2) is 30.7 Å². The quantitative estimate of drug-likeness (QED) is 0.752. The number of halogens is 2. The van der Waals surface area contributed by atoms with Gasteiger partial charge < -0.3 is 10.1 Å². The fourth-order valence-corrected chi connectivity index (χ4v) is 3.64. The molecule has 1 atom stereocenters. The summed E-state index contributed by atoms with van der Waals surface area (Å²) in [6, 6.07) is 10.2. The molecule has 3 amide bonds. The molecule has 5 nitrogen and oxygen atoms in total. The molecule has 1 spiro atoms. The van der Waals surface area contributed by atoms with Crippen LogP contribution in [0.3, 0.4) is 0 Å². The number of imide groups is 1. The Balaban J connectivity index is 1.61. The highest BCUT2D eigenvalue weighted by molar-refractivity contribution is 6.16. The molecule has 2 aromatic carbocycles. The summed E-state index contributed by atoms with van der Waals surface area (Å²) >= 11 is 0. The van der Waals surface area contributed by atoms with Crippen LogP contribution in [-0.2, 0) is 9.53 Å². The summed E-state index contributed by atoms with van der Waals surface area (Å²) in [7, 11) is 0. The molecule has 2 fully saturated rings. The average molecular weight is 396 g/mol. The molecule has 0 bridgehead atoms. The third-order valence-electron chi connectivity index (χ3n) is 5.00. The molecule has 0 aromatic heterocycles. The summed E-state index contributed by atoms with van der Waals surface area (Å²) in [6.07, 6.45) is 1.20. The highest BCUT2D eigenvalue weighted by Gasteiger charge is 2.46. The fraction of sp³-hybridized carbons (Fsp3) is 0.273. The van der Waals surface area contributed by atoms with Crippen LogP contribution >= 0.6 is 0 Å².